The number of aromatic nitrogens is 3. The van der Waals surface area contributed by atoms with Crippen LogP contribution in [0.2, 0.25) is 0 Å². The van der Waals surface area contributed by atoms with Gasteiger partial charge in [0.05, 0.1) is 0 Å². The van der Waals surface area contributed by atoms with E-state index in [0.717, 1.165) is 39.3 Å². The smallest absolute Gasteiger partial charge is 0.304 e. The number of aryl methyl sites for hydroxylation is 5. The van der Waals surface area contributed by atoms with Crippen molar-refractivity contribution in [2.75, 3.05) is 0 Å². The number of hydrogen-bond donors (Lipinski definition) is 0. The molecule has 0 bridgehead atoms. The van der Waals surface area contributed by atoms with E-state index in [-0.39, 0.29) is 20.1 Å². The molecule has 0 unspecified atom stereocenters. The predicted octanol–water partition coefficient (Wildman–Crippen LogP) is 15.9. The molecule has 4 heteroatoms. The first-order chi connectivity index (χ1) is 31.8. The van der Waals surface area contributed by atoms with Crippen LogP contribution in [0.15, 0.2) is 213 Å². The van der Waals surface area contributed by atoms with Gasteiger partial charge in [-0.1, -0.05) is 152 Å². The van der Waals surface area contributed by atoms with Crippen molar-refractivity contribution < 1.29 is 20.1 Å². The summed E-state index contributed by atoms with van der Waals surface area (Å²) in [6, 6.07) is 76.3. The zero-order chi connectivity index (χ0) is 45.0. The van der Waals surface area contributed by atoms with Crippen LogP contribution in [0.25, 0.3) is 78.3 Å². The fraction of sp³-hybridized carbons (Fsp3) is 0.0806. The molecule has 0 atom stereocenters. The SMILES string of the molecule is Cc1ccc(-c2[c-]cc(C)c(-c3ccccc3)c2)nc1.Cc1ccc(-c2cc(-c3[c-]cccc3)ncc2C)c(C)c1.[Ir+3].[c-]1ccccc1-c1ccc(-c2ccc(-c3ccccc3)cc2)cn1. The quantitative estimate of drug-likeness (QED) is 0.149. The summed E-state index contributed by atoms with van der Waals surface area (Å²) in [4.78, 5) is 13.6. The molecular formula is C62H50IrN3. The maximum atomic E-state index is 4.57. The number of hydrogen-bond acceptors (Lipinski definition) is 3. The molecule has 3 aromatic heterocycles. The molecular weight excluding hydrogens is 979 g/mol. The Morgan fingerprint density at radius 2 is 0.848 bits per heavy atom. The van der Waals surface area contributed by atoms with Crippen LogP contribution in [0.3, 0.4) is 0 Å². The van der Waals surface area contributed by atoms with Crippen molar-refractivity contribution in [3.63, 3.8) is 0 Å². The molecule has 66 heavy (non-hydrogen) atoms. The van der Waals surface area contributed by atoms with E-state index in [9.17, 15) is 0 Å². The number of pyridine rings is 3. The standard InChI is InChI=1S/C23H16N.C20H18N.C19H16N.Ir/c1-3-7-18(8-4-1)19-11-13-20(14-12-19)22-15-16-23(24-17-22)21-9-5-2-6-10-21;1-14-9-10-18(15(2)11-14)19-12-20(21-13-16(19)3)17-7-5-4-6-8-17;1-14-8-11-19(20-13-14)17-10-9-15(2)18(12-17)16-6-4-3-5-7-16;/h1-9,11-17H;4-7,9-13H,1-3H3;3-9,11-13H,1-2H3;/q3*-1;+3. The van der Waals surface area contributed by atoms with Gasteiger partial charge in [0.25, 0.3) is 0 Å². The van der Waals surface area contributed by atoms with Crippen LogP contribution in [-0.4, -0.2) is 15.0 Å². The fourth-order valence-corrected chi connectivity index (χ4v) is 7.66. The first-order valence-electron chi connectivity index (χ1n) is 21.9. The van der Waals surface area contributed by atoms with E-state index in [1.54, 1.807) is 0 Å². The summed E-state index contributed by atoms with van der Waals surface area (Å²) >= 11 is 0. The van der Waals surface area contributed by atoms with Crippen LogP contribution < -0.4 is 0 Å². The van der Waals surface area contributed by atoms with E-state index in [4.69, 9.17) is 0 Å². The Labute approximate surface area is 404 Å². The minimum absolute atomic E-state index is 0. The molecule has 0 aliphatic rings. The van der Waals surface area contributed by atoms with Gasteiger partial charge in [-0.3, -0.25) is 0 Å². The van der Waals surface area contributed by atoms with Crippen LogP contribution in [0.1, 0.15) is 27.8 Å². The van der Waals surface area contributed by atoms with Crippen LogP contribution in [-0.2, 0) is 20.1 Å². The van der Waals surface area contributed by atoms with Crippen LogP contribution in [0.4, 0.5) is 0 Å². The summed E-state index contributed by atoms with van der Waals surface area (Å²) in [5.41, 5.74) is 21.9. The first-order valence-corrected chi connectivity index (χ1v) is 21.9. The normalized spacial score (nSPS) is 10.4. The van der Waals surface area contributed by atoms with Crippen molar-refractivity contribution in [1.29, 1.82) is 0 Å². The molecule has 0 aliphatic heterocycles. The molecule has 0 radical (unpaired) electrons. The second kappa shape index (κ2) is 22.5. The molecule has 0 N–H and O–H groups in total. The van der Waals surface area contributed by atoms with Gasteiger partial charge < -0.3 is 15.0 Å². The van der Waals surface area contributed by atoms with Crippen LogP contribution in [0.5, 0.6) is 0 Å². The average Bonchev–Trinajstić information content (AvgIpc) is 3.36. The molecule has 0 saturated heterocycles. The second-order valence-electron chi connectivity index (χ2n) is 16.2. The molecule has 322 valence electrons. The van der Waals surface area contributed by atoms with Gasteiger partial charge >= 0.3 is 20.1 Å². The predicted molar refractivity (Wildman–Crippen MR) is 271 cm³/mol. The van der Waals surface area contributed by atoms with Gasteiger partial charge in [-0.2, -0.15) is 0 Å². The monoisotopic (exact) mass is 1030 g/mol. The maximum Gasteiger partial charge on any atom is 3.00 e. The number of benzene rings is 7. The molecule has 0 spiro atoms. The summed E-state index contributed by atoms with van der Waals surface area (Å²) in [6.07, 6.45) is 5.77. The molecule has 7 aromatic carbocycles. The van der Waals surface area contributed by atoms with E-state index < -0.39 is 0 Å². The van der Waals surface area contributed by atoms with Crippen LogP contribution >= 0.6 is 0 Å². The zero-order valence-corrected chi connectivity index (χ0v) is 40.3. The Morgan fingerprint density at radius 3 is 1.44 bits per heavy atom. The third-order valence-electron chi connectivity index (χ3n) is 11.3. The average molecular weight is 1030 g/mol. The molecule has 0 saturated carbocycles. The van der Waals surface area contributed by atoms with Gasteiger partial charge in [0.1, 0.15) is 0 Å². The summed E-state index contributed by atoms with van der Waals surface area (Å²) in [5.74, 6) is 0. The summed E-state index contributed by atoms with van der Waals surface area (Å²) in [6.45, 7) is 10.6. The van der Waals surface area contributed by atoms with E-state index in [1.807, 2.05) is 104 Å². The van der Waals surface area contributed by atoms with Crippen molar-refractivity contribution >= 4 is 0 Å². The van der Waals surface area contributed by atoms with Gasteiger partial charge in [-0.25, -0.2) is 0 Å². The van der Waals surface area contributed by atoms with Crippen molar-refractivity contribution in [1.82, 2.24) is 15.0 Å². The Balaban J connectivity index is 0.000000147. The fourth-order valence-electron chi connectivity index (χ4n) is 7.66. The van der Waals surface area contributed by atoms with Gasteiger partial charge in [-0.05, 0) is 100 Å². The molecule has 10 rings (SSSR count). The van der Waals surface area contributed by atoms with Crippen molar-refractivity contribution in [3.05, 3.63) is 259 Å². The van der Waals surface area contributed by atoms with E-state index >= 15 is 0 Å². The molecule has 0 amide bonds. The minimum Gasteiger partial charge on any atom is -0.304 e. The summed E-state index contributed by atoms with van der Waals surface area (Å²) in [7, 11) is 0. The van der Waals surface area contributed by atoms with Gasteiger partial charge in [0.15, 0.2) is 0 Å². The molecule has 10 aromatic rings. The molecule has 0 aliphatic carbocycles. The van der Waals surface area contributed by atoms with Crippen LogP contribution in [0, 0.1) is 52.8 Å². The van der Waals surface area contributed by atoms with Gasteiger partial charge in [-0.15, -0.1) is 101 Å². The summed E-state index contributed by atoms with van der Waals surface area (Å²) in [5, 5.41) is 0. The van der Waals surface area contributed by atoms with Crippen molar-refractivity contribution in [2.45, 2.75) is 34.6 Å². The number of nitrogens with zero attached hydrogens (tertiary/aromatic N) is 3. The first kappa shape index (κ1) is 46.6. The van der Waals surface area contributed by atoms with Crippen molar-refractivity contribution in [3.8, 4) is 78.3 Å². The maximum absolute atomic E-state index is 4.57. The molecule has 0 fully saturated rings. The third-order valence-corrected chi connectivity index (χ3v) is 11.3. The minimum atomic E-state index is 0. The Morgan fingerprint density at radius 1 is 0.318 bits per heavy atom. The largest absolute Gasteiger partial charge is 3.00 e. The van der Waals surface area contributed by atoms with Gasteiger partial charge in [0, 0.05) is 18.6 Å². The van der Waals surface area contributed by atoms with E-state index in [2.05, 4.69) is 176 Å². The van der Waals surface area contributed by atoms with E-state index in [1.165, 1.54) is 66.8 Å². The Kier molecular flexibility index (Phi) is 15.9. The number of rotatable bonds is 7. The molecule has 3 nitrogen and oxygen atoms in total. The second-order valence-corrected chi connectivity index (χ2v) is 16.2. The zero-order valence-electron chi connectivity index (χ0n) is 37.9. The Hall–Kier alpha value is -7.36. The summed E-state index contributed by atoms with van der Waals surface area (Å²) < 4.78 is 0. The van der Waals surface area contributed by atoms with Gasteiger partial charge in [0.2, 0.25) is 0 Å². The third kappa shape index (κ3) is 11.9. The van der Waals surface area contributed by atoms with Crippen molar-refractivity contribution in [2.24, 2.45) is 0 Å². The molecule has 3 heterocycles. The Bertz CT molecular complexity index is 3000. The topological polar surface area (TPSA) is 38.7 Å². The van der Waals surface area contributed by atoms with E-state index in [0.29, 0.717) is 0 Å².